The van der Waals surface area contributed by atoms with Crippen LogP contribution in [0.3, 0.4) is 0 Å². The molecular weight excluding hydrogens is 363 g/mol. The van der Waals surface area contributed by atoms with Gasteiger partial charge in [0, 0.05) is 17.6 Å². The molecule has 1 aliphatic heterocycles. The number of alkyl halides is 3. The second kappa shape index (κ2) is 6.06. The Morgan fingerprint density at radius 1 is 1.35 bits per heavy atom. The number of thiazole rings is 1. The van der Waals surface area contributed by atoms with E-state index >= 15 is 0 Å². The summed E-state index contributed by atoms with van der Waals surface area (Å²) in [5.74, 6) is 0.0866. The van der Waals surface area contributed by atoms with Gasteiger partial charge in [-0.3, -0.25) is 4.79 Å². The summed E-state index contributed by atoms with van der Waals surface area (Å²) < 4.78 is 40.3. The first-order valence-corrected chi connectivity index (χ1v) is 9.24. The molecule has 2 heterocycles. The second-order valence-corrected chi connectivity index (χ2v) is 8.03. The highest BCUT2D eigenvalue weighted by Gasteiger charge is 2.53. The molecule has 1 aliphatic carbocycles. The zero-order valence-corrected chi connectivity index (χ0v) is 14.8. The summed E-state index contributed by atoms with van der Waals surface area (Å²) in [6.07, 6.45) is -2.79. The molecule has 8 heteroatoms. The summed E-state index contributed by atoms with van der Waals surface area (Å²) >= 11 is 1.10. The minimum absolute atomic E-state index is 0.0112. The van der Waals surface area contributed by atoms with Gasteiger partial charge >= 0.3 is 6.18 Å². The molecule has 4 rings (SSSR count). The molecule has 1 aromatic heterocycles. The van der Waals surface area contributed by atoms with Crippen LogP contribution in [-0.4, -0.2) is 34.4 Å². The molecule has 1 N–H and O–H groups in total. The molecule has 138 valence electrons. The van der Waals surface area contributed by atoms with Crippen LogP contribution in [0.4, 0.5) is 13.2 Å². The Morgan fingerprint density at radius 3 is 2.77 bits per heavy atom. The number of rotatable bonds is 3. The molecule has 3 atom stereocenters. The fourth-order valence-corrected chi connectivity index (χ4v) is 4.81. The number of piperidine rings is 1. The average molecular weight is 380 g/mol. The molecule has 0 radical (unpaired) electrons. The number of nitrogens with zero attached hydrogens (tertiary/aromatic N) is 2. The molecule has 2 aromatic rings. The topological polar surface area (TPSA) is 57.0 Å². The van der Waals surface area contributed by atoms with Crippen molar-refractivity contribution in [2.45, 2.75) is 38.0 Å². The van der Waals surface area contributed by atoms with Gasteiger partial charge in [0.15, 0.2) is 0 Å². The molecule has 2 aliphatic rings. The Hall–Kier alpha value is -1.93. The van der Waals surface area contributed by atoms with Gasteiger partial charge in [0.05, 0.1) is 15.4 Å². The fraction of sp³-hybridized carbons (Fsp3) is 0.444. The van der Waals surface area contributed by atoms with Crippen molar-refractivity contribution in [2.24, 2.45) is 5.92 Å². The van der Waals surface area contributed by atoms with Crippen molar-refractivity contribution in [3.63, 3.8) is 0 Å². The second-order valence-electron chi connectivity index (χ2n) is 6.82. The fourth-order valence-electron chi connectivity index (χ4n) is 3.86. The number of halogens is 3. The van der Waals surface area contributed by atoms with Crippen molar-refractivity contribution in [1.29, 1.82) is 0 Å². The van der Waals surface area contributed by atoms with E-state index in [1.54, 1.807) is 11.8 Å². The Kier molecular flexibility index (Phi) is 4.07. The van der Waals surface area contributed by atoms with Crippen LogP contribution >= 0.6 is 11.3 Å². The van der Waals surface area contributed by atoms with Gasteiger partial charge in [0.25, 0.3) is 5.91 Å². The number of aryl methyl sites for hydroxylation is 1. The number of carbonyl (C=O) groups excluding carboxylic acids is 1. The van der Waals surface area contributed by atoms with Crippen LogP contribution in [0, 0.1) is 12.8 Å². The van der Waals surface area contributed by atoms with Gasteiger partial charge in [-0.05, 0) is 31.7 Å². The van der Waals surface area contributed by atoms with E-state index in [-0.39, 0.29) is 40.7 Å². The third-order valence-electron chi connectivity index (χ3n) is 5.09. The van der Waals surface area contributed by atoms with Gasteiger partial charge in [0.2, 0.25) is 0 Å². The number of benzene rings is 1. The molecule has 0 unspecified atom stereocenters. The van der Waals surface area contributed by atoms with Crippen LogP contribution in [0.5, 0.6) is 0 Å². The molecular formula is C18H17F3N3OS-. The molecule has 1 amide bonds. The van der Waals surface area contributed by atoms with Crippen molar-refractivity contribution in [3.05, 3.63) is 46.3 Å². The molecule has 0 bridgehead atoms. The third kappa shape index (κ3) is 2.81. The number of amides is 1. The van der Waals surface area contributed by atoms with E-state index in [1.807, 2.05) is 0 Å². The zero-order chi connectivity index (χ0) is 18.6. The first-order valence-electron chi connectivity index (χ1n) is 8.42. The highest BCUT2D eigenvalue weighted by Crippen LogP contribution is 2.49. The average Bonchev–Trinajstić information content (AvgIpc) is 3.09. The van der Waals surface area contributed by atoms with Crippen molar-refractivity contribution < 1.29 is 18.0 Å². The summed E-state index contributed by atoms with van der Waals surface area (Å²) in [5.41, 5.74) is 6.98. The summed E-state index contributed by atoms with van der Waals surface area (Å²) in [4.78, 5) is 19.3. The lowest BCUT2D eigenvalue weighted by Crippen LogP contribution is -2.40. The Bertz CT molecular complexity index is 864. The van der Waals surface area contributed by atoms with Gasteiger partial charge in [-0.25, -0.2) is 4.98 Å². The molecule has 2 fully saturated rings. The van der Waals surface area contributed by atoms with Crippen molar-refractivity contribution in [2.75, 3.05) is 6.54 Å². The normalized spacial score (nSPS) is 24.7. The maximum absolute atomic E-state index is 13.4. The maximum Gasteiger partial charge on any atom is 0.417 e. The first-order chi connectivity index (χ1) is 12.3. The molecule has 1 saturated heterocycles. The van der Waals surface area contributed by atoms with E-state index in [4.69, 9.17) is 5.73 Å². The van der Waals surface area contributed by atoms with Gasteiger partial charge in [-0.1, -0.05) is 18.2 Å². The standard InChI is InChI=1S/C18H17F3N3OS/c1-9-23-15(17(25)24-11(8-22)6-10-7-14(10)24)16(26-9)12-4-2-3-5-13(12)18(19,20)21/h2-5,10-11,14,22H,6-8H2,1H3/q-1/t10-,11+,14+/m1/s1. The smallest absolute Gasteiger partial charge is 0.417 e. The molecule has 1 saturated carbocycles. The van der Waals surface area contributed by atoms with E-state index < -0.39 is 11.7 Å². The first kappa shape index (κ1) is 17.5. The minimum Gasteiger partial charge on any atom is -0.676 e. The maximum atomic E-state index is 13.4. The summed E-state index contributed by atoms with van der Waals surface area (Å²) in [6, 6.07) is 5.24. The van der Waals surface area contributed by atoms with Gasteiger partial charge in [-0.2, -0.15) is 13.2 Å². The Morgan fingerprint density at radius 2 is 2.08 bits per heavy atom. The predicted molar refractivity (Wildman–Crippen MR) is 92.9 cm³/mol. The highest BCUT2D eigenvalue weighted by molar-refractivity contribution is 7.15. The van der Waals surface area contributed by atoms with E-state index in [1.165, 1.54) is 18.2 Å². The quantitative estimate of drug-likeness (QED) is 0.769. The number of aromatic nitrogens is 1. The van der Waals surface area contributed by atoms with E-state index in [9.17, 15) is 18.0 Å². The number of hydrogen-bond acceptors (Lipinski definition) is 3. The highest BCUT2D eigenvalue weighted by atomic mass is 32.1. The van der Waals surface area contributed by atoms with Crippen molar-refractivity contribution in [1.82, 2.24) is 9.88 Å². The van der Waals surface area contributed by atoms with E-state index in [0.29, 0.717) is 10.9 Å². The Balaban J connectivity index is 1.78. The van der Waals surface area contributed by atoms with Gasteiger partial charge < -0.3 is 10.6 Å². The van der Waals surface area contributed by atoms with Gasteiger partial charge in [-0.15, -0.1) is 17.9 Å². The number of hydrogen-bond donors (Lipinski definition) is 0. The summed E-state index contributed by atoms with van der Waals surface area (Å²) in [7, 11) is 0. The lowest BCUT2D eigenvalue weighted by atomic mass is 10.0. The van der Waals surface area contributed by atoms with E-state index in [0.717, 1.165) is 30.2 Å². The minimum atomic E-state index is -4.51. The largest absolute Gasteiger partial charge is 0.676 e. The number of likely N-dealkylation sites (tertiary alicyclic amines) is 1. The SMILES string of the molecule is Cc1nc(C(=O)N2[C@H](C[NH-])C[C@@H]3C[C@@H]32)c(-c2ccccc2C(F)(F)F)s1. The van der Waals surface area contributed by atoms with Crippen LogP contribution < -0.4 is 0 Å². The zero-order valence-electron chi connectivity index (χ0n) is 14.0. The van der Waals surface area contributed by atoms with E-state index in [2.05, 4.69) is 4.98 Å². The van der Waals surface area contributed by atoms with Crippen LogP contribution in [-0.2, 0) is 6.18 Å². The van der Waals surface area contributed by atoms with Gasteiger partial charge in [0.1, 0.15) is 5.69 Å². The van der Waals surface area contributed by atoms with Crippen LogP contribution in [0.1, 0.15) is 33.9 Å². The number of fused-ring (bicyclic) bond motifs is 1. The van der Waals surface area contributed by atoms with Crippen LogP contribution in [0.25, 0.3) is 16.2 Å². The molecule has 0 spiro atoms. The number of carbonyl (C=O) groups is 1. The lowest BCUT2D eigenvalue weighted by molar-refractivity contribution is -0.137. The third-order valence-corrected chi connectivity index (χ3v) is 6.10. The predicted octanol–water partition coefficient (Wildman–Crippen LogP) is 4.79. The molecule has 4 nitrogen and oxygen atoms in total. The monoisotopic (exact) mass is 380 g/mol. The molecule has 1 aromatic carbocycles. The Labute approximate surface area is 152 Å². The van der Waals surface area contributed by atoms with Crippen molar-refractivity contribution >= 4 is 17.2 Å². The number of nitrogens with one attached hydrogen (secondary N) is 1. The summed E-state index contributed by atoms with van der Waals surface area (Å²) in [6.45, 7) is 1.79. The van der Waals surface area contributed by atoms with Crippen molar-refractivity contribution in [3.8, 4) is 10.4 Å². The molecule has 26 heavy (non-hydrogen) atoms. The lowest BCUT2D eigenvalue weighted by Gasteiger charge is -2.29. The van der Waals surface area contributed by atoms with Crippen LogP contribution in [0.15, 0.2) is 24.3 Å². The van der Waals surface area contributed by atoms with Crippen LogP contribution in [0.2, 0.25) is 0 Å². The summed E-state index contributed by atoms with van der Waals surface area (Å²) in [5, 5.41) is 0.550.